The lowest BCUT2D eigenvalue weighted by molar-refractivity contribution is -0.148. The molecule has 0 radical (unpaired) electrons. The van der Waals surface area contributed by atoms with Crippen LogP contribution < -0.4 is 5.32 Å². The van der Waals surface area contributed by atoms with Crippen LogP contribution >= 0.6 is 0 Å². The zero-order valence-electron chi connectivity index (χ0n) is 21.9. The molecular formula is C27H53NO5S. The first-order valence-corrected chi connectivity index (χ1v) is 15.9. The van der Waals surface area contributed by atoms with Gasteiger partial charge in [-0.15, -0.1) is 0 Å². The molecule has 0 spiro atoms. The van der Waals surface area contributed by atoms with Crippen LogP contribution in [0, 0.1) is 0 Å². The van der Waals surface area contributed by atoms with Crippen LogP contribution in [0.3, 0.4) is 0 Å². The van der Waals surface area contributed by atoms with E-state index in [1.807, 2.05) is 0 Å². The number of nitrogens with one attached hydrogen (secondary N) is 1. The predicted molar refractivity (Wildman–Crippen MR) is 141 cm³/mol. The molecule has 0 aromatic heterocycles. The van der Waals surface area contributed by atoms with Crippen molar-refractivity contribution in [3.8, 4) is 0 Å². The Morgan fingerprint density at radius 3 is 1.76 bits per heavy atom. The molecule has 0 bridgehead atoms. The van der Waals surface area contributed by atoms with Crippen molar-refractivity contribution in [2.75, 3.05) is 12.3 Å². The van der Waals surface area contributed by atoms with Crippen LogP contribution in [-0.4, -0.2) is 43.4 Å². The summed E-state index contributed by atoms with van der Waals surface area (Å²) in [6, 6.07) is 0.340. The van der Waals surface area contributed by atoms with Crippen molar-refractivity contribution in [1.29, 1.82) is 0 Å². The minimum absolute atomic E-state index is 0.273. The van der Waals surface area contributed by atoms with Crippen molar-refractivity contribution < 1.29 is 22.5 Å². The number of hydrogen-bond acceptors (Lipinski definition) is 5. The van der Waals surface area contributed by atoms with Gasteiger partial charge in [0.15, 0.2) is 0 Å². The maximum atomic E-state index is 12.2. The Morgan fingerprint density at radius 1 is 0.824 bits per heavy atom. The second kappa shape index (κ2) is 20.5. The second-order valence-electron chi connectivity index (χ2n) is 10.3. The molecule has 6 nitrogen and oxygen atoms in total. The third-order valence-electron chi connectivity index (χ3n) is 6.92. The van der Waals surface area contributed by atoms with Crippen molar-refractivity contribution in [2.45, 2.75) is 154 Å². The van der Waals surface area contributed by atoms with Crippen LogP contribution in [0.5, 0.6) is 0 Å². The zero-order valence-corrected chi connectivity index (χ0v) is 22.7. The third-order valence-corrected chi connectivity index (χ3v) is 7.71. The topological polar surface area (TPSA) is 92.7 Å². The van der Waals surface area contributed by atoms with Crippen molar-refractivity contribution in [3.63, 3.8) is 0 Å². The first-order chi connectivity index (χ1) is 16.4. The van der Waals surface area contributed by atoms with Gasteiger partial charge >= 0.3 is 5.97 Å². The van der Waals surface area contributed by atoms with Crippen molar-refractivity contribution in [1.82, 2.24) is 5.32 Å². The van der Waals surface area contributed by atoms with E-state index in [4.69, 9.17) is 4.74 Å². The number of carbonyl (C=O) groups is 1. The number of unbranched alkanes of at least 4 members (excludes halogenated alkanes) is 14. The first-order valence-electron chi connectivity index (χ1n) is 14.3. The van der Waals surface area contributed by atoms with E-state index in [1.165, 1.54) is 96.3 Å². The molecule has 7 heteroatoms. The fourth-order valence-corrected chi connectivity index (χ4v) is 5.52. The Labute approximate surface area is 210 Å². The number of rotatable bonds is 22. The van der Waals surface area contributed by atoms with Crippen LogP contribution in [0.2, 0.25) is 0 Å². The van der Waals surface area contributed by atoms with Gasteiger partial charge in [-0.05, 0) is 19.3 Å². The molecule has 0 saturated heterocycles. The molecule has 0 aromatic rings. The number of esters is 1. The maximum Gasteiger partial charge on any atom is 0.306 e. The Hall–Kier alpha value is -0.660. The van der Waals surface area contributed by atoms with Gasteiger partial charge in [-0.1, -0.05) is 116 Å². The van der Waals surface area contributed by atoms with E-state index in [0.717, 1.165) is 32.1 Å². The van der Waals surface area contributed by atoms with Crippen molar-refractivity contribution >= 4 is 16.1 Å². The van der Waals surface area contributed by atoms with E-state index in [2.05, 4.69) is 12.2 Å². The van der Waals surface area contributed by atoms with Gasteiger partial charge in [0.1, 0.15) is 11.9 Å². The summed E-state index contributed by atoms with van der Waals surface area (Å²) in [7, 11) is -4.19. The monoisotopic (exact) mass is 503 g/mol. The van der Waals surface area contributed by atoms with Gasteiger partial charge < -0.3 is 10.1 Å². The highest BCUT2D eigenvalue weighted by molar-refractivity contribution is 7.85. The number of carbonyl (C=O) groups excluding carboxylic acids is 1. The minimum Gasteiger partial charge on any atom is -0.460 e. The van der Waals surface area contributed by atoms with Gasteiger partial charge in [-0.3, -0.25) is 9.35 Å². The predicted octanol–water partition coefficient (Wildman–Crippen LogP) is 6.97. The molecule has 1 rings (SSSR count). The fraction of sp³-hybridized carbons (Fsp3) is 0.963. The molecule has 1 fully saturated rings. The van der Waals surface area contributed by atoms with Gasteiger partial charge in [0.25, 0.3) is 10.1 Å². The van der Waals surface area contributed by atoms with Gasteiger partial charge in [-0.25, -0.2) is 0 Å². The minimum atomic E-state index is -4.19. The largest absolute Gasteiger partial charge is 0.460 e. The quantitative estimate of drug-likeness (QED) is 0.0941. The highest BCUT2D eigenvalue weighted by Crippen LogP contribution is 2.18. The second-order valence-corrected chi connectivity index (χ2v) is 11.8. The van der Waals surface area contributed by atoms with E-state index < -0.39 is 22.0 Å². The molecule has 202 valence electrons. The number of ether oxygens (including phenoxy) is 1. The van der Waals surface area contributed by atoms with E-state index in [0.29, 0.717) is 12.5 Å². The normalized spacial score (nSPS) is 15.9. The van der Waals surface area contributed by atoms with Crippen LogP contribution in [-0.2, 0) is 19.6 Å². The van der Waals surface area contributed by atoms with E-state index >= 15 is 0 Å². The van der Waals surface area contributed by atoms with Crippen LogP contribution in [0.4, 0.5) is 0 Å². The van der Waals surface area contributed by atoms with Crippen LogP contribution in [0.25, 0.3) is 0 Å². The maximum absolute atomic E-state index is 12.2. The number of hydrogen-bond donors (Lipinski definition) is 2. The summed E-state index contributed by atoms with van der Waals surface area (Å²) in [6.07, 6.45) is 24.2. The molecule has 0 aromatic carbocycles. The summed E-state index contributed by atoms with van der Waals surface area (Å²) in [5, 5.41) is 3.32. The Balaban J connectivity index is 2.02. The SMILES string of the molecule is CCCCCCCCCCCCCCCCCC(=O)OC(CNC1CCCCC1)CS(=O)(=O)O. The molecular weight excluding hydrogens is 450 g/mol. The Kier molecular flexibility index (Phi) is 18.9. The fourth-order valence-electron chi connectivity index (χ4n) is 4.86. The van der Waals surface area contributed by atoms with Crippen molar-refractivity contribution in [2.24, 2.45) is 0 Å². The molecule has 0 heterocycles. The summed E-state index contributed by atoms with van der Waals surface area (Å²) in [5.74, 6) is -0.911. The lowest BCUT2D eigenvalue weighted by Gasteiger charge is -2.25. The van der Waals surface area contributed by atoms with Gasteiger partial charge in [-0.2, -0.15) is 8.42 Å². The molecule has 1 aliphatic rings. The van der Waals surface area contributed by atoms with E-state index in [-0.39, 0.29) is 12.5 Å². The lowest BCUT2D eigenvalue weighted by atomic mass is 9.95. The summed E-state index contributed by atoms with van der Waals surface area (Å²) in [6.45, 7) is 2.53. The smallest absolute Gasteiger partial charge is 0.306 e. The standard InChI is InChI=1S/C27H53NO5S/c1-2-3-4-5-6-7-8-9-10-11-12-13-14-15-19-22-27(29)33-26(24-34(30,31)32)23-28-25-20-17-16-18-21-25/h25-26,28H,2-24H2,1H3,(H,30,31,32). The van der Waals surface area contributed by atoms with Crippen LogP contribution in [0.15, 0.2) is 0 Å². The first kappa shape index (κ1) is 31.4. The molecule has 2 N–H and O–H groups in total. The zero-order chi connectivity index (χ0) is 24.9. The molecule has 1 saturated carbocycles. The molecule has 0 amide bonds. The van der Waals surface area contributed by atoms with Gasteiger partial charge in [0, 0.05) is 19.0 Å². The van der Waals surface area contributed by atoms with E-state index in [1.54, 1.807) is 0 Å². The van der Waals surface area contributed by atoms with Crippen LogP contribution in [0.1, 0.15) is 142 Å². The lowest BCUT2D eigenvalue weighted by Crippen LogP contribution is -2.41. The molecule has 1 unspecified atom stereocenters. The van der Waals surface area contributed by atoms with Gasteiger partial charge in [0.2, 0.25) is 0 Å². The Morgan fingerprint density at radius 2 is 1.29 bits per heavy atom. The average molecular weight is 504 g/mol. The van der Waals surface area contributed by atoms with E-state index in [9.17, 15) is 17.8 Å². The van der Waals surface area contributed by atoms with Crippen molar-refractivity contribution in [3.05, 3.63) is 0 Å². The molecule has 0 aliphatic heterocycles. The molecule has 1 aliphatic carbocycles. The molecule has 1 atom stereocenters. The average Bonchev–Trinajstić information content (AvgIpc) is 2.79. The highest BCUT2D eigenvalue weighted by Gasteiger charge is 2.23. The Bertz CT molecular complexity index is 590. The molecule has 34 heavy (non-hydrogen) atoms. The summed E-state index contributed by atoms with van der Waals surface area (Å²) in [5.41, 5.74) is 0. The highest BCUT2D eigenvalue weighted by atomic mass is 32.2. The third kappa shape index (κ3) is 19.6. The summed E-state index contributed by atoms with van der Waals surface area (Å²) < 4.78 is 37.2. The summed E-state index contributed by atoms with van der Waals surface area (Å²) >= 11 is 0. The van der Waals surface area contributed by atoms with Gasteiger partial charge in [0.05, 0.1) is 0 Å². The summed E-state index contributed by atoms with van der Waals surface area (Å²) in [4.78, 5) is 12.2.